The summed E-state index contributed by atoms with van der Waals surface area (Å²) in [5, 5.41) is 0. The van der Waals surface area contributed by atoms with Gasteiger partial charge in [-0.25, -0.2) is 9.97 Å². The van der Waals surface area contributed by atoms with Gasteiger partial charge in [-0.05, 0) is 36.3 Å². The summed E-state index contributed by atoms with van der Waals surface area (Å²) in [5.41, 5.74) is 4.34. The molecule has 1 aromatic heterocycles. The van der Waals surface area contributed by atoms with Gasteiger partial charge >= 0.3 is 0 Å². The van der Waals surface area contributed by atoms with Crippen molar-refractivity contribution in [3.63, 3.8) is 0 Å². The Morgan fingerprint density at radius 2 is 1.63 bits per heavy atom. The summed E-state index contributed by atoms with van der Waals surface area (Å²) in [6.07, 6.45) is 6.97. The number of benzene rings is 1. The third-order valence-electron chi connectivity index (χ3n) is 5.35. The van der Waals surface area contributed by atoms with Gasteiger partial charge in [0, 0.05) is 5.41 Å². The molecule has 2 rings (SSSR count). The smallest absolute Gasteiger partial charge is 0.236 e. The first kappa shape index (κ1) is 21.7. The van der Waals surface area contributed by atoms with Crippen LogP contribution in [0.3, 0.4) is 0 Å². The van der Waals surface area contributed by atoms with Gasteiger partial charge in [0.05, 0.1) is 17.6 Å². The van der Waals surface area contributed by atoms with Crippen LogP contribution in [-0.2, 0) is 10.8 Å². The van der Waals surface area contributed by atoms with Gasteiger partial charge in [0.1, 0.15) is 5.69 Å². The second kappa shape index (κ2) is 9.03. The first-order valence-electron chi connectivity index (χ1n) is 10.7. The third kappa shape index (κ3) is 5.00. The van der Waals surface area contributed by atoms with E-state index in [2.05, 4.69) is 66.7 Å². The minimum atomic E-state index is -0.109. The van der Waals surface area contributed by atoms with Crippen LogP contribution in [0.15, 0.2) is 18.2 Å². The highest BCUT2D eigenvalue weighted by molar-refractivity contribution is 5.80. The molecule has 0 saturated heterocycles. The Balaban J connectivity index is 2.68. The van der Waals surface area contributed by atoms with Crippen LogP contribution in [-0.4, -0.2) is 16.6 Å². The molecule has 0 fully saturated rings. The second-order valence-corrected chi connectivity index (χ2v) is 9.06. The summed E-state index contributed by atoms with van der Waals surface area (Å²) in [6.45, 7) is 16.3. The quantitative estimate of drug-likeness (QED) is 0.478. The highest BCUT2D eigenvalue weighted by atomic mass is 16.5. The summed E-state index contributed by atoms with van der Waals surface area (Å²) < 4.78 is 5.99. The molecule has 27 heavy (non-hydrogen) atoms. The molecule has 1 aromatic carbocycles. The normalized spacial score (nSPS) is 14.3. The van der Waals surface area contributed by atoms with E-state index >= 15 is 0 Å². The zero-order valence-electron chi connectivity index (χ0n) is 18.5. The number of nitrogens with zero attached hydrogens (tertiary/aromatic N) is 2. The molecular formula is C24H38N2O. The molecule has 0 spiro atoms. The van der Waals surface area contributed by atoms with Crippen LogP contribution in [0.1, 0.15) is 98.2 Å². The van der Waals surface area contributed by atoms with Crippen LogP contribution in [0.25, 0.3) is 11.0 Å². The summed E-state index contributed by atoms with van der Waals surface area (Å²) in [6, 6.07) is 6.47. The molecular weight excluding hydrogens is 332 g/mol. The fourth-order valence-corrected chi connectivity index (χ4v) is 3.85. The van der Waals surface area contributed by atoms with E-state index in [9.17, 15) is 0 Å². The largest absolute Gasteiger partial charge is 0.476 e. The number of hydrogen-bond acceptors (Lipinski definition) is 3. The van der Waals surface area contributed by atoms with E-state index in [1.54, 1.807) is 0 Å². The van der Waals surface area contributed by atoms with E-state index < -0.39 is 0 Å². The van der Waals surface area contributed by atoms with E-state index in [4.69, 9.17) is 14.7 Å². The number of para-hydroxylation sites is 1. The third-order valence-corrected chi connectivity index (χ3v) is 5.35. The van der Waals surface area contributed by atoms with Gasteiger partial charge in [-0.3, -0.25) is 0 Å². The molecule has 3 nitrogen and oxygen atoms in total. The minimum absolute atomic E-state index is 0.109. The molecule has 0 saturated carbocycles. The van der Waals surface area contributed by atoms with Gasteiger partial charge < -0.3 is 4.74 Å². The van der Waals surface area contributed by atoms with Crippen molar-refractivity contribution >= 4 is 11.0 Å². The molecule has 1 unspecified atom stereocenters. The Kier molecular flexibility index (Phi) is 7.25. The lowest BCUT2D eigenvalue weighted by Gasteiger charge is -2.31. The Morgan fingerprint density at radius 3 is 2.22 bits per heavy atom. The number of rotatable bonds is 9. The predicted octanol–water partition coefficient (Wildman–Crippen LogP) is 6.96. The Hall–Kier alpha value is -1.64. The first-order valence-corrected chi connectivity index (χ1v) is 10.7. The molecule has 150 valence electrons. The lowest BCUT2D eigenvalue weighted by atomic mass is 9.74. The number of hydrogen-bond donors (Lipinski definition) is 0. The predicted molar refractivity (Wildman–Crippen MR) is 116 cm³/mol. The fraction of sp³-hybridized carbons (Fsp3) is 0.667. The van der Waals surface area contributed by atoms with Crippen LogP contribution in [0.4, 0.5) is 0 Å². The molecule has 0 amide bonds. The van der Waals surface area contributed by atoms with E-state index in [0.717, 1.165) is 23.1 Å². The summed E-state index contributed by atoms with van der Waals surface area (Å²) >= 11 is 0. The zero-order chi connectivity index (χ0) is 20.1. The van der Waals surface area contributed by atoms with Crippen LogP contribution in [0.2, 0.25) is 0 Å². The maximum Gasteiger partial charge on any atom is 0.236 e. The minimum Gasteiger partial charge on any atom is -0.476 e. The molecule has 1 atom stereocenters. The molecule has 0 N–H and O–H groups in total. The van der Waals surface area contributed by atoms with E-state index in [-0.39, 0.29) is 10.8 Å². The molecule has 0 radical (unpaired) electrons. The van der Waals surface area contributed by atoms with Crippen molar-refractivity contribution in [3.05, 3.63) is 29.5 Å². The van der Waals surface area contributed by atoms with Crippen LogP contribution >= 0.6 is 0 Å². The first-order chi connectivity index (χ1) is 12.8. The Bertz CT molecular complexity index is 748. The topological polar surface area (TPSA) is 35.0 Å². The molecule has 0 aliphatic carbocycles. The van der Waals surface area contributed by atoms with Crippen molar-refractivity contribution in [2.24, 2.45) is 0 Å². The molecule has 1 heterocycles. The van der Waals surface area contributed by atoms with Crippen molar-refractivity contribution in [1.82, 2.24) is 9.97 Å². The molecule has 2 aromatic rings. The fourth-order valence-electron chi connectivity index (χ4n) is 3.85. The SMILES string of the molecule is CCCCC(C)(CCC)c1cccc2nc(OCCC)c(C(C)(C)C)nc12. The Morgan fingerprint density at radius 1 is 0.889 bits per heavy atom. The number of fused-ring (bicyclic) bond motifs is 1. The van der Waals surface area contributed by atoms with E-state index in [0.29, 0.717) is 12.5 Å². The van der Waals surface area contributed by atoms with Crippen LogP contribution in [0.5, 0.6) is 5.88 Å². The lowest BCUT2D eigenvalue weighted by molar-refractivity contribution is 0.294. The van der Waals surface area contributed by atoms with E-state index in [1.165, 1.54) is 37.7 Å². The molecule has 0 aliphatic heterocycles. The lowest BCUT2D eigenvalue weighted by Crippen LogP contribution is -2.24. The molecule has 3 heteroatoms. The maximum absolute atomic E-state index is 5.99. The number of aromatic nitrogens is 2. The number of unbranched alkanes of at least 4 members (excludes halogenated alkanes) is 1. The number of ether oxygens (including phenoxy) is 1. The van der Waals surface area contributed by atoms with Crippen LogP contribution < -0.4 is 4.74 Å². The van der Waals surface area contributed by atoms with Gasteiger partial charge in [-0.15, -0.1) is 0 Å². The van der Waals surface area contributed by atoms with Gasteiger partial charge in [0.25, 0.3) is 0 Å². The van der Waals surface area contributed by atoms with Crippen LogP contribution in [0, 0.1) is 0 Å². The summed E-state index contributed by atoms with van der Waals surface area (Å²) in [7, 11) is 0. The zero-order valence-corrected chi connectivity index (χ0v) is 18.5. The highest BCUT2D eigenvalue weighted by Crippen LogP contribution is 2.39. The maximum atomic E-state index is 5.99. The monoisotopic (exact) mass is 370 g/mol. The van der Waals surface area contributed by atoms with Crippen molar-refractivity contribution in [3.8, 4) is 5.88 Å². The molecule has 0 aliphatic rings. The van der Waals surface area contributed by atoms with Crippen molar-refractivity contribution in [1.29, 1.82) is 0 Å². The second-order valence-electron chi connectivity index (χ2n) is 9.06. The van der Waals surface area contributed by atoms with Gasteiger partial charge in [0.15, 0.2) is 0 Å². The average Bonchev–Trinajstić information content (AvgIpc) is 2.62. The standard InChI is InChI=1S/C24H38N2O/c1-8-11-16-24(7,15-9-2)18-13-12-14-19-20(18)26-21(23(4,5)6)22(25-19)27-17-10-3/h12-14H,8-11,15-17H2,1-7H3. The van der Waals surface area contributed by atoms with Gasteiger partial charge in [0.2, 0.25) is 5.88 Å². The average molecular weight is 371 g/mol. The summed E-state index contributed by atoms with van der Waals surface area (Å²) in [4.78, 5) is 10.1. The van der Waals surface area contributed by atoms with Crippen molar-refractivity contribution in [2.75, 3.05) is 6.61 Å². The molecule has 0 bridgehead atoms. The van der Waals surface area contributed by atoms with Gasteiger partial charge in [-0.1, -0.05) is 79.9 Å². The van der Waals surface area contributed by atoms with E-state index in [1.807, 2.05) is 0 Å². The van der Waals surface area contributed by atoms with Crippen molar-refractivity contribution < 1.29 is 4.74 Å². The highest BCUT2D eigenvalue weighted by Gasteiger charge is 2.30. The Labute approximate surface area is 166 Å². The van der Waals surface area contributed by atoms with Crippen molar-refractivity contribution in [2.45, 2.75) is 97.8 Å². The van der Waals surface area contributed by atoms with Gasteiger partial charge in [-0.2, -0.15) is 0 Å². The summed E-state index contributed by atoms with van der Waals surface area (Å²) in [5.74, 6) is 0.694.